The molecule has 1 unspecified atom stereocenters. The summed E-state index contributed by atoms with van der Waals surface area (Å²) in [4.78, 5) is 11.1. The van der Waals surface area contributed by atoms with Crippen LogP contribution in [0.5, 0.6) is 0 Å². The number of carbonyl (C=O) groups is 1. The van der Waals surface area contributed by atoms with Crippen LogP contribution in [0, 0.1) is 5.92 Å². The van der Waals surface area contributed by atoms with Crippen molar-refractivity contribution in [3.05, 3.63) is 11.5 Å². The van der Waals surface area contributed by atoms with Crippen LogP contribution in [-0.2, 0) is 19.0 Å². The van der Waals surface area contributed by atoms with Gasteiger partial charge in [-0.2, -0.15) is 0 Å². The molecule has 0 bridgehead atoms. The normalized spacial score (nSPS) is 21.5. The number of allylic oxidation sites excluding steroid dienone is 1. The molecule has 1 atom stereocenters. The molecular weight excluding hydrogens is 172 g/mol. The number of methoxy groups -OCH3 is 1. The van der Waals surface area contributed by atoms with Crippen LogP contribution in [0.3, 0.4) is 0 Å². The van der Waals surface area contributed by atoms with Crippen molar-refractivity contribution in [3.8, 4) is 0 Å². The zero-order chi connectivity index (χ0) is 10.0. The second kappa shape index (κ2) is 3.68. The Morgan fingerprint density at radius 3 is 2.46 bits per heavy atom. The SMILES string of the molecule is COC(=O)C1=C(C)OC(C(C)C)O1. The van der Waals surface area contributed by atoms with Crippen molar-refractivity contribution in [3.63, 3.8) is 0 Å². The molecule has 4 heteroatoms. The molecule has 1 heterocycles. The molecule has 0 aromatic carbocycles. The highest BCUT2D eigenvalue weighted by Crippen LogP contribution is 2.26. The smallest absolute Gasteiger partial charge is 0.377 e. The van der Waals surface area contributed by atoms with Gasteiger partial charge >= 0.3 is 5.97 Å². The predicted octanol–water partition coefficient (Wildman–Crippen LogP) is 1.42. The van der Waals surface area contributed by atoms with Crippen LogP contribution in [-0.4, -0.2) is 19.4 Å². The topological polar surface area (TPSA) is 44.8 Å². The van der Waals surface area contributed by atoms with E-state index in [4.69, 9.17) is 9.47 Å². The third kappa shape index (κ3) is 1.94. The van der Waals surface area contributed by atoms with Crippen LogP contribution in [0.25, 0.3) is 0 Å². The van der Waals surface area contributed by atoms with E-state index in [1.807, 2.05) is 13.8 Å². The van der Waals surface area contributed by atoms with Crippen molar-refractivity contribution in [1.29, 1.82) is 0 Å². The zero-order valence-corrected chi connectivity index (χ0v) is 8.29. The van der Waals surface area contributed by atoms with Gasteiger partial charge in [-0.3, -0.25) is 0 Å². The summed E-state index contributed by atoms with van der Waals surface area (Å²) in [6, 6.07) is 0. The Labute approximate surface area is 77.5 Å². The van der Waals surface area contributed by atoms with Crippen LogP contribution >= 0.6 is 0 Å². The molecule has 0 radical (unpaired) electrons. The maximum absolute atomic E-state index is 11.1. The van der Waals surface area contributed by atoms with E-state index in [1.54, 1.807) is 6.92 Å². The van der Waals surface area contributed by atoms with Gasteiger partial charge in [0.2, 0.25) is 12.0 Å². The monoisotopic (exact) mass is 186 g/mol. The van der Waals surface area contributed by atoms with Crippen LogP contribution in [0.4, 0.5) is 0 Å². The summed E-state index contributed by atoms with van der Waals surface area (Å²) in [6.45, 7) is 5.60. The van der Waals surface area contributed by atoms with E-state index in [0.29, 0.717) is 5.76 Å². The lowest BCUT2D eigenvalue weighted by molar-refractivity contribution is -0.143. The number of rotatable bonds is 2. The Bertz CT molecular complexity index is 242. The van der Waals surface area contributed by atoms with E-state index in [2.05, 4.69) is 4.74 Å². The summed E-state index contributed by atoms with van der Waals surface area (Å²) < 4.78 is 15.1. The molecule has 0 amide bonds. The Morgan fingerprint density at radius 2 is 2.08 bits per heavy atom. The van der Waals surface area contributed by atoms with Gasteiger partial charge in [-0.15, -0.1) is 0 Å². The highest BCUT2D eigenvalue weighted by Gasteiger charge is 2.31. The van der Waals surface area contributed by atoms with E-state index in [9.17, 15) is 4.79 Å². The van der Waals surface area contributed by atoms with Crippen LogP contribution in [0.2, 0.25) is 0 Å². The van der Waals surface area contributed by atoms with E-state index >= 15 is 0 Å². The standard InChI is InChI=1S/C9H14O4/c1-5(2)9-12-6(3)7(13-9)8(10)11-4/h5,9H,1-4H3. The lowest BCUT2D eigenvalue weighted by Gasteiger charge is -2.14. The van der Waals surface area contributed by atoms with Crippen molar-refractivity contribution >= 4 is 5.97 Å². The Hall–Kier alpha value is -1.19. The Kier molecular flexibility index (Phi) is 2.80. The molecule has 0 saturated carbocycles. The first-order valence-electron chi connectivity index (χ1n) is 4.18. The second-order valence-corrected chi connectivity index (χ2v) is 3.23. The number of esters is 1. The van der Waals surface area contributed by atoms with Gasteiger partial charge in [-0.05, 0) is 6.92 Å². The van der Waals surface area contributed by atoms with Crippen molar-refractivity contribution in [1.82, 2.24) is 0 Å². The minimum Gasteiger partial charge on any atom is -0.463 e. The average molecular weight is 186 g/mol. The van der Waals surface area contributed by atoms with Crippen molar-refractivity contribution < 1.29 is 19.0 Å². The Morgan fingerprint density at radius 1 is 1.46 bits per heavy atom. The molecule has 4 nitrogen and oxygen atoms in total. The summed E-state index contributed by atoms with van der Waals surface area (Å²) in [5, 5.41) is 0. The minimum atomic E-state index is -0.486. The second-order valence-electron chi connectivity index (χ2n) is 3.23. The molecule has 0 fully saturated rings. The van der Waals surface area contributed by atoms with Gasteiger partial charge < -0.3 is 14.2 Å². The fourth-order valence-electron chi connectivity index (χ4n) is 1.01. The summed E-state index contributed by atoms with van der Waals surface area (Å²) >= 11 is 0. The van der Waals surface area contributed by atoms with Gasteiger partial charge in [-0.1, -0.05) is 13.8 Å². The molecule has 1 rings (SSSR count). The van der Waals surface area contributed by atoms with Gasteiger partial charge in [0.1, 0.15) is 5.76 Å². The van der Waals surface area contributed by atoms with Crippen LogP contribution in [0.1, 0.15) is 20.8 Å². The third-order valence-corrected chi connectivity index (χ3v) is 1.76. The lowest BCUT2D eigenvalue weighted by atomic mass is 10.2. The molecule has 0 saturated heterocycles. The molecule has 0 spiro atoms. The summed E-state index contributed by atoms with van der Waals surface area (Å²) in [5.41, 5.74) is 0. The number of hydrogen-bond acceptors (Lipinski definition) is 4. The minimum absolute atomic E-state index is 0.182. The predicted molar refractivity (Wildman–Crippen MR) is 45.5 cm³/mol. The molecule has 0 aromatic rings. The summed E-state index contributed by atoms with van der Waals surface area (Å²) in [6.07, 6.45) is -0.367. The lowest BCUT2D eigenvalue weighted by Crippen LogP contribution is -2.18. The Balaban J connectivity index is 2.68. The first kappa shape index (κ1) is 9.89. The van der Waals surface area contributed by atoms with Crippen LogP contribution < -0.4 is 0 Å². The first-order chi connectivity index (χ1) is 6.06. The molecular formula is C9H14O4. The van der Waals surface area contributed by atoms with E-state index in [0.717, 1.165) is 0 Å². The van der Waals surface area contributed by atoms with E-state index in [-0.39, 0.29) is 18.0 Å². The molecule has 0 N–H and O–H groups in total. The molecule has 0 aromatic heterocycles. The maximum Gasteiger partial charge on any atom is 0.377 e. The molecule has 1 aliphatic heterocycles. The molecule has 74 valence electrons. The van der Waals surface area contributed by atoms with Gasteiger partial charge in [0.25, 0.3) is 0 Å². The van der Waals surface area contributed by atoms with Crippen molar-refractivity contribution in [2.45, 2.75) is 27.1 Å². The fourth-order valence-corrected chi connectivity index (χ4v) is 1.01. The molecule has 1 aliphatic rings. The quantitative estimate of drug-likeness (QED) is 0.612. The van der Waals surface area contributed by atoms with Gasteiger partial charge in [0, 0.05) is 5.92 Å². The average Bonchev–Trinajstić information content (AvgIpc) is 2.46. The third-order valence-electron chi connectivity index (χ3n) is 1.76. The largest absolute Gasteiger partial charge is 0.463 e. The highest BCUT2D eigenvalue weighted by atomic mass is 16.7. The molecule has 0 aliphatic carbocycles. The highest BCUT2D eigenvalue weighted by molar-refractivity contribution is 5.86. The van der Waals surface area contributed by atoms with E-state index in [1.165, 1.54) is 7.11 Å². The zero-order valence-electron chi connectivity index (χ0n) is 8.29. The summed E-state index contributed by atoms with van der Waals surface area (Å²) in [5.74, 6) is 0.393. The molecule has 13 heavy (non-hydrogen) atoms. The fraction of sp³-hybridized carbons (Fsp3) is 0.667. The number of carbonyl (C=O) groups excluding carboxylic acids is 1. The van der Waals surface area contributed by atoms with E-state index < -0.39 is 5.97 Å². The van der Waals surface area contributed by atoms with Gasteiger partial charge in [0.05, 0.1) is 7.11 Å². The maximum atomic E-state index is 11.1. The summed E-state index contributed by atoms with van der Waals surface area (Å²) in [7, 11) is 1.31. The first-order valence-corrected chi connectivity index (χ1v) is 4.18. The van der Waals surface area contributed by atoms with Gasteiger partial charge in [0.15, 0.2) is 0 Å². The van der Waals surface area contributed by atoms with Crippen LogP contribution in [0.15, 0.2) is 11.5 Å². The number of ether oxygens (including phenoxy) is 3. The van der Waals surface area contributed by atoms with Crippen molar-refractivity contribution in [2.75, 3.05) is 7.11 Å². The van der Waals surface area contributed by atoms with Crippen molar-refractivity contribution in [2.24, 2.45) is 5.92 Å². The van der Waals surface area contributed by atoms with Gasteiger partial charge in [-0.25, -0.2) is 4.79 Å². The number of hydrogen-bond donors (Lipinski definition) is 0.